The van der Waals surface area contributed by atoms with E-state index >= 15 is 0 Å². The van der Waals surface area contributed by atoms with Gasteiger partial charge >= 0.3 is 5.97 Å². The highest BCUT2D eigenvalue weighted by Crippen LogP contribution is 2.04. The molecule has 0 spiro atoms. The Labute approximate surface area is 172 Å². The fraction of sp³-hybridized carbons (Fsp3) is 0.208. The Balaban J connectivity index is 0.000000292. The predicted molar refractivity (Wildman–Crippen MR) is 116 cm³/mol. The van der Waals surface area contributed by atoms with Gasteiger partial charge in [-0.3, -0.25) is 4.79 Å². The molecule has 0 fully saturated rings. The van der Waals surface area contributed by atoms with Crippen LogP contribution in [0.2, 0.25) is 0 Å². The minimum absolute atomic E-state index is 0.505. The van der Waals surface area contributed by atoms with E-state index in [-0.39, 0.29) is 0 Å². The summed E-state index contributed by atoms with van der Waals surface area (Å²) in [6.45, 7) is 0.661. The Morgan fingerprint density at radius 1 is 0.786 bits per heavy atom. The van der Waals surface area contributed by atoms with Crippen molar-refractivity contribution in [1.82, 2.24) is 5.32 Å². The number of benzene rings is 3. The highest BCUT2D eigenvalue weighted by molar-refractivity contribution is 6.17. The van der Waals surface area contributed by atoms with Crippen LogP contribution >= 0.6 is 11.6 Å². The summed E-state index contributed by atoms with van der Waals surface area (Å²) < 4.78 is 0. The van der Waals surface area contributed by atoms with Crippen LogP contribution < -0.4 is 5.32 Å². The van der Waals surface area contributed by atoms with Gasteiger partial charge in [0, 0.05) is 5.88 Å². The Morgan fingerprint density at radius 2 is 1.25 bits per heavy atom. The molecule has 28 heavy (non-hydrogen) atoms. The van der Waals surface area contributed by atoms with Crippen molar-refractivity contribution in [2.75, 3.05) is 6.54 Å². The predicted octanol–water partition coefficient (Wildman–Crippen LogP) is 4.94. The van der Waals surface area contributed by atoms with E-state index in [1.165, 1.54) is 11.1 Å². The number of aliphatic carboxylic acids is 1. The molecule has 1 unspecified atom stereocenters. The van der Waals surface area contributed by atoms with Crippen LogP contribution in [0.3, 0.4) is 0 Å². The van der Waals surface area contributed by atoms with E-state index in [1.54, 1.807) is 0 Å². The first-order valence-electron chi connectivity index (χ1n) is 9.33. The molecule has 0 aromatic heterocycles. The van der Waals surface area contributed by atoms with Gasteiger partial charge in [0.15, 0.2) is 0 Å². The van der Waals surface area contributed by atoms with E-state index in [9.17, 15) is 9.90 Å². The first-order chi connectivity index (χ1) is 13.7. The highest BCUT2D eigenvalue weighted by Gasteiger charge is 2.16. The van der Waals surface area contributed by atoms with E-state index in [2.05, 4.69) is 17.4 Å². The second-order valence-corrected chi connectivity index (χ2v) is 6.66. The average Bonchev–Trinajstić information content (AvgIpc) is 2.75. The standard InChI is InChI=1S/C17H19NO2.C7H7Cl/c19-17(20)16(13-15-9-5-2-6-10-15)18-12-11-14-7-3-1-4-8-14;8-6-7-4-2-1-3-5-7/h1-10,16,18H,11-13H2,(H,19,20);1-5H,6H2. The summed E-state index contributed by atoms with van der Waals surface area (Å²) in [5.41, 5.74) is 3.42. The minimum atomic E-state index is -0.804. The summed E-state index contributed by atoms with van der Waals surface area (Å²) >= 11 is 5.53. The van der Waals surface area contributed by atoms with Crippen molar-refractivity contribution in [2.24, 2.45) is 0 Å². The minimum Gasteiger partial charge on any atom is -0.480 e. The molecule has 3 rings (SSSR count). The number of carboxylic acids is 1. The van der Waals surface area contributed by atoms with Gasteiger partial charge < -0.3 is 10.4 Å². The highest BCUT2D eigenvalue weighted by atomic mass is 35.5. The van der Waals surface area contributed by atoms with Crippen LogP contribution in [0.15, 0.2) is 91.0 Å². The van der Waals surface area contributed by atoms with Crippen molar-refractivity contribution in [3.63, 3.8) is 0 Å². The molecular formula is C24H26ClNO2. The third-order valence-electron chi connectivity index (χ3n) is 4.23. The summed E-state index contributed by atoms with van der Waals surface area (Å²) in [6, 6.07) is 29.2. The lowest BCUT2D eigenvalue weighted by Crippen LogP contribution is -2.39. The van der Waals surface area contributed by atoms with Gasteiger partial charge in [-0.2, -0.15) is 0 Å². The molecule has 0 saturated carbocycles. The molecule has 1 atom stereocenters. The fourth-order valence-electron chi connectivity index (χ4n) is 2.70. The van der Waals surface area contributed by atoms with Crippen molar-refractivity contribution in [3.05, 3.63) is 108 Å². The molecule has 3 aromatic rings. The molecule has 0 saturated heterocycles. The van der Waals surface area contributed by atoms with Crippen LogP contribution in [0.25, 0.3) is 0 Å². The number of hydrogen-bond donors (Lipinski definition) is 2. The van der Waals surface area contributed by atoms with Crippen molar-refractivity contribution in [2.45, 2.75) is 24.8 Å². The first kappa shape index (κ1) is 21.7. The topological polar surface area (TPSA) is 49.3 Å². The lowest BCUT2D eigenvalue weighted by atomic mass is 10.1. The fourth-order valence-corrected chi connectivity index (χ4v) is 2.88. The van der Waals surface area contributed by atoms with Crippen molar-refractivity contribution < 1.29 is 9.90 Å². The molecule has 0 aliphatic heterocycles. The summed E-state index contributed by atoms with van der Waals surface area (Å²) in [4.78, 5) is 11.3. The maximum atomic E-state index is 11.3. The smallest absolute Gasteiger partial charge is 0.321 e. The van der Waals surface area contributed by atoms with E-state index in [0.717, 1.165) is 12.0 Å². The third-order valence-corrected chi connectivity index (χ3v) is 4.53. The van der Waals surface area contributed by atoms with Crippen molar-refractivity contribution in [1.29, 1.82) is 0 Å². The molecule has 146 valence electrons. The quantitative estimate of drug-likeness (QED) is 0.531. The van der Waals surface area contributed by atoms with E-state index < -0.39 is 12.0 Å². The number of hydrogen-bond acceptors (Lipinski definition) is 2. The van der Waals surface area contributed by atoms with E-state index in [4.69, 9.17) is 11.6 Å². The number of carbonyl (C=O) groups is 1. The maximum Gasteiger partial charge on any atom is 0.321 e. The third kappa shape index (κ3) is 8.38. The monoisotopic (exact) mass is 395 g/mol. The summed E-state index contributed by atoms with van der Waals surface area (Å²) in [6.07, 6.45) is 1.34. The van der Waals surface area contributed by atoms with Crippen LogP contribution in [-0.4, -0.2) is 23.7 Å². The molecule has 0 amide bonds. The molecule has 0 aliphatic rings. The number of carboxylic acid groups (broad SMARTS) is 1. The molecule has 0 radical (unpaired) electrons. The zero-order valence-electron chi connectivity index (χ0n) is 15.8. The maximum absolute atomic E-state index is 11.3. The van der Waals surface area contributed by atoms with Crippen LogP contribution in [-0.2, 0) is 23.5 Å². The molecule has 2 N–H and O–H groups in total. The summed E-state index contributed by atoms with van der Waals surface area (Å²) in [5.74, 6) is -0.192. The van der Waals surface area contributed by atoms with Crippen LogP contribution in [0.4, 0.5) is 0 Å². The van der Waals surface area contributed by atoms with Crippen molar-refractivity contribution in [3.8, 4) is 0 Å². The second kappa shape index (κ2) is 12.7. The van der Waals surface area contributed by atoms with E-state index in [0.29, 0.717) is 18.8 Å². The molecule has 3 aromatic carbocycles. The number of halogens is 1. The summed E-state index contributed by atoms with van der Waals surface area (Å²) in [7, 11) is 0. The zero-order valence-corrected chi connectivity index (χ0v) is 16.6. The SMILES string of the molecule is ClCc1ccccc1.O=C(O)C(Cc1ccccc1)NCCc1ccccc1. The molecular weight excluding hydrogens is 370 g/mol. The average molecular weight is 396 g/mol. The molecule has 4 heteroatoms. The molecule has 3 nitrogen and oxygen atoms in total. The van der Waals surface area contributed by atoms with Gasteiger partial charge in [-0.1, -0.05) is 91.0 Å². The van der Waals surface area contributed by atoms with Gasteiger partial charge in [-0.25, -0.2) is 0 Å². The Hall–Kier alpha value is -2.62. The van der Waals surface area contributed by atoms with Gasteiger partial charge in [-0.05, 0) is 36.1 Å². The number of alkyl halides is 1. The van der Waals surface area contributed by atoms with Gasteiger partial charge in [0.25, 0.3) is 0 Å². The Kier molecular flexibility index (Phi) is 9.84. The molecule has 0 heterocycles. The van der Waals surface area contributed by atoms with Crippen LogP contribution in [0.5, 0.6) is 0 Å². The zero-order chi connectivity index (χ0) is 20.0. The van der Waals surface area contributed by atoms with Gasteiger partial charge in [0.1, 0.15) is 6.04 Å². The molecule has 0 bridgehead atoms. The molecule has 0 aliphatic carbocycles. The Bertz CT molecular complexity index is 795. The lowest BCUT2D eigenvalue weighted by molar-refractivity contribution is -0.139. The second-order valence-electron chi connectivity index (χ2n) is 6.39. The van der Waals surface area contributed by atoms with Crippen LogP contribution in [0.1, 0.15) is 16.7 Å². The van der Waals surface area contributed by atoms with Gasteiger partial charge in [0.2, 0.25) is 0 Å². The summed E-state index contributed by atoms with van der Waals surface area (Å²) in [5, 5.41) is 12.4. The number of rotatable bonds is 8. The van der Waals surface area contributed by atoms with Crippen molar-refractivity contribution >= 4 is 17.6 Å². The van der Waals surface area contributed by atoms with E-state index in [1.807, 2.05) is 78.9 Å². The normalized spacial score (nSPS) is 11.2. The lowest BCUT2D eigenvalue weighted by Gasteiger charge is -2.14. The van der Waals surface area contributed by atoms with Crippen LogP contribution in [0, 0.1) is 0 Å². The van der Waals surface area contributed by atoms with Gasteiger partial charge in [0.05, 0.1) is 0 Å². The number of nitrogens with one attached hydrogen (secondary N) is 1. The van der Waals surface area contributed by atoms with Gasteiger partial charge in [-0.15, -0.1) is 11.6 Å². The first-order valence-corrected chi connectivity index (χ1v) is 9.86. The largest absolute Gasteiger partial charge is 0.480 e. The Morgan fingerprint density at radius 3 is 1.68 bits per heavy atom.